The highest BCUT2D eigenvalue weighted by Crippen LogP contribution is 2.30. The number of hydrogen-bond acceptors (Lipinski definition) is 2. The summed E-state index contributed by atoms with van der Waals surface area (Å²) in [4.78, 5) is 14.4. The van der Waals surface area contributed by atoms with Gasteiger partial charge in [-0.15, -0.1) is 0 Å². The van der Waals surface area contributed by atoms with E-state index < -0.39 is 0 Å². The maximum absolute atomic E-state index is 12.3. The summed E-state index contributed by atoms with van der Waals surface area (Å²) >= 11 is 0. The van der Waals surface area contributed by atoms with Gasteiger partial charge in [-0.25, -0.2) is 0 Å². The largest absolute Gasteiger partial charge is 0.341 e. The summed E-state index contributed by atoms with van der Waals surface area (Å²) in [5.74, 6) is 1.20. The van der Waals surface area contributed by atoms with Gasteiger partial charge in [-0.1, -0.05) is 19.8 Å². The first-order valence-corrected chi connectivity index (χ1v) is 7.80. The van der Waals surface area contributed by atoms with Gasteiger partial charge >= 0.3 is 0 Å². The van der Waals surface area contributed by atoms with Gasteiger partial charge in [0.2, 0.25) is 5.91 Å². The van der Waals surface area contributed by atoms with Crippen LogP contribution in [0.15, 0.2) is 0 Å². The first-order chi connectivity index (χ1) is 8.79. The Morgan fingerprint density at radius 1 is 1.22 bits per heavy atom. The molecule has 1 N–H and O–H groups in total. The molecule has 1 saturated carbocycles. The van der Waals surface area contributed by atoms with E-state index in [4.69, 9.17) is 0 Å². The van der Waals surface area contributed by atoms with Gasteiger partial charge in [-0.2, -0.15) is 0 Å². The SMILES string of the molecule is CCCCCC(=O)N(CC1CC1)CC1CCCN1. The summed E-state index contributed by atoms with van der Waals surface area (Å²) < 4.78 is 0. The molecular weight excluding hydrogens is 224 g/mol. The molecule has 0 spiro atoms. The van der Waals surface area contributed by atoms with E-state index in [1.165, 1.54) is 38.5 Å². The minimum atomic E-state index is 0.393. The molecule has 0 aromatic rings. The van der Waals surface area contributed by atoms with Crippen LogP contribution in [0, 0.1) is 5.92 Å². The van der Waals surface area contributed by atoms with E-state index in [9.17, 15) is 4.79 Å². The highest BCUT2D eigenvalue weighted by atomic mass is 16.2. The maximum Gasteiger partial charge on any atom is 0.222 e. The monoisotopic (exact) mass is 252 g/mol. The van der Waals surface area contributed by atoms with Crippen molar-refractivity contribution in [3.8, 4) is 0 Å². The third kappa shape index (κ3) is 4.60. The smallest absolute Gasteiger partial charge is 0.222 e. The maximum atomic E-state index is 12.3. The summed E-state index contributed by atoms with van der Waals surface area (Å²) in [6.07, 6.45) is 9.37. The van der Waals surface area contributed by atoms with Crippen LogP contribution in [0.2, 0.25) is 0 Å². The lowest BCUT2D eigenvalue weighted by Crippen LogP contribution is -2.42. The van der Waals surface area contributed by atoms with E-state index >= 15 is 0 Å². The van der Waals surface area contributed by atoms with E-state index in [2.05, 4.69) is 17.1 Å². The van der Waals surface area contributed by atoms with Crippen molar-refractivity contribution >= 4 is 5.91 Å². The molecule has 1 heterocycles. The molecule has 1 atom stereocenters. The Kier molecular flexibility index (Phi) is 5.48. The Labute approximate surface area is 111 Å². The standard InChI is InChI=1S/C15H28N2O/c1-2-3-4-7-15(18)17(11-13-8-9-13)12-14-6-5-10-16-14/h13-14,16H,2-12H2,1H3. The number of unbranched alkanes of at least 4 members (excludes halogenated alkanes) is 2. The van der Waals surface area contributed by atoms with E-state index in [0.717, 1.165) is 38.4 Å². The Morgan fingerprint density at radius 2 is 2.06 bits per heavy atom. The summed E-state index contributed by atoms with van der Waals surface area (Å²) in [6, 6.07) is 0.555. The van der Waals surface area contributed by atoms with E-state index in [0.29, 0.717) is 11.9 Å². The molecule has 1 aliphatic heterocycles. The molecule has 0 bridgehead atoms. The summed E-state index contributed by atoms with van der Waals surface area (Å²) in [5, 5.41) is 3.51. The van der Waals surface area contributed by atoms with Gasteiger partial charge < -0.3 is 10.2 Å². The molecule has 2 rings (SSSR count). The zero-order chi connectivity index (χ0) is 12.8. The lowest BCUT2D eigenvalue weighted by Gasteiger charge is -2.26. The topological polar surface area (TPSA) is 32.3 Å². The van der Waals surface area contributed by atoms with E-state index in [1.807, 2.05) is 0 Å². The van der Waals surface area contributed by atoms with Crippen LogP contribution < -0.4 is 5.32 Å². The molecule has 0 aromatic heterocycles. The second-order valence-electron chi connectivity index (χ2n) is 5.99. The third-order valence-electron chi connectivity index (χ3n) is 4.13. The predicted octanol–water partition coefficient (Wildman–Crippen LogP) is 2.56. The first-order valence-electron chi connectivity index (χ1n) is 7.80. The van der Waals surface area contributed by atoms with Crippen LogP contribution in [0.3, 0.4) is 0 Å². The number of rotatable bonds is 8. The van der Waals surface area contributed by atoms with Crippen LogP contribution in [0.4, 0.5) is 0 Å². The van der Waals surface area contributed by atoms with Crippen LogP contribution in [0.5, 0.6) is 0 Å². The van der Waals surface area contributed by atoms with Crippen LogP contribution in [-0.2, 0) is 4.79 Å². The van der Waals surface area contributed by atoms with Crippen LogP contribution in [-0.4, -0.2) is 36.5 Å². The van der Waals surface area contributed by atoms with Crippen molar-refractivity contribution in [1.29, 1.82) is 0 Å². The second kappa shape index (κ2) is 7.13. The number of hydrogen-bond donors (Lipinski definition) is 1. The number of amides is 1. The molecule has 2 aliphatic rings. The van der Waals surface area contributed by atoms with Crippen molar-refractivity contribution in [2.75, 3.05) is 19.6 Å². The van der Waals surface area contributed by atoms with Crippen molar-refractivity contribution < 1.29 is 4.79 Å². The summed E-state index contributed by atoms with van der Waals surface area (Å²) in [7, 11) is 0. The molecule has 2 fully saturated rings. The predicted molar refractivity (Wildman–Crippen MR) is 74.5 cm³/mol. The van der Waals surface area contributed by atoms with Gasteiger partial charge in [0, 0.05) is 25.6 Å². The molecule has 1 amide bonds. The van der Waals surface area contributed by atoms with Gasteiger partial charge in [0.25, 0.3) is 0 Å². The van der Waals surface area contributed by atoms with E-state index in [1.54, 1.807) is 0 Å². The fourth-order valence-electron chi connectivity index (χ4n) is 2.75. The third-order valence-corrected chi connectivity index (χ3v) is 4.13. The fourth-order valence-corrected chi connectivity index (χ4v) is 2.75. The van der Waals surface area contributed by atoms with E-state index in [-0.39, 0.29) is 0 Å². The molecule has 104 valence electrons. The highest BCUT2D eigenvalue weighted by Gasteiger charge is 2.28. The van der Waals surface area contributed by atoms with Crippen molar-refractivity contribution in [3.05, 3.63) is 0 Å². The van der Waals surface area contributed by atoms with Crippen molar-refractivity contribution in [2.45, 2.75) is 64.3 Å². The molecule has 1 unspecified atom stereocenters. The quantitative estimate of drug-likeness (QED) is 0.673. The zero-order valence-corrected chi connectivity index (χ0v) is 11.8. The van der Waals surface area contributed by atoms with Crippen LogP contribution in [0.1, 0.15) is 58.3 Å². The average Bonchev–Trinajstić information content (AvgIpc) is 3.03. The lowest BCUT2D eigenvalue weighted by molar-refractivity contribution is -0.131. The normalized spacial score (nSPS) is 23.3. The lowest BCUT2D eigenvalue weighted by atomic mass is 10.1. The molecular formula is C15H28N2O. The molecule has 3 heteroatoms. The van der Waals surface area contributed by atoms with Crippen molar-refractivity contribution in [3.63, 3.8) is 0 Å². The number of nitrogens with one attached hydrogen (secondary N) is 1. The van der Waals surface area contributed by atoms with Gasteiger partial charge in [0.05, 0.1) is 0 Å². The Morgan fingerprint density at radius 3 is 2.67 bits per heavy atom. The average molecular weight is 252 g/mol. The van der Waals surface area contributed by atoms with Crippen molar-refractivity contribution in [1.82, 2.24) is 10.2 Å². The van der Waals surface area contributed by atoms with Gasteiger partial charge in [-0.3, -0.25) is 4.79 Å². The molecule has 1 aliphatic carbocycles. The molecule has 18 heavy (non-hydrogen) atoms. The summed E-state index contributed by atoms with van der Waals surface area (Å²) in [5.41, 5.74) is 0. The molecule has 0 aromatic carbocycles. The minimum absolute atomic E-state index is 0.393. The zero-order valence-electron chi connectivity index (χ0n) is 11.8. The van der Waals surface area contributed by atoms with Gasteiger partial charge in [0.15, 0.2) is 0 Å². The molecule has 1 saturated heterocycles. The number of carbonyl (C=O) groups excluding carboxylic acids is 1. The van der Waals surface area contributed by atoms with Crippen molar-refractivity contribution in [2.24, 2.45) is 5.92 Å². The minimum Gasteiger partial charge on any atom is -0.341 e. The highest BCUT2D eigenvalue weighted by molar-refractivity contribution is 5.76. The van der Waals surface area contributed by atoms with Gasteiger partial charge in [0.1, 0.15) is 0 Å². The Bertz CT molecular complexity index is 257. The van der Waals surface area contributed by atoms with Gasteiger partial charge in [-0.05, 0) is 44.6 Å². The molecule has 0 radical (unpaired) electrons. The van der Waals surface area contributed by atoms with Crippen LogP contribution in [0.25, 0.3) is 0 Å². The molecule has 3 nitrogen and oxygen atoms in total. The summed E-state index contributed by atoms with van der Waals surface area (Å²) in [6.45, 7) is 5.28. The van der Waals surface area contributed by atoms with Crippen LogP contribution >= 0.6 is 0 Å². The number of nitrogens with zero attached hydrogens (tertiary/aromatic N) is 1. The first kappa shape index (κ1) is 13.9. The fraction of sp³-hybridized carbons (Fsp3) is 0.933. The Balaban J connectivity index is 1.76. The second-order valence-corrected chi connectivity index (χ2v) is 5.99. The number of carbonyl (C=O) groups is 1. The Hall–Kier alpha value is -0.570.